The van der Waals surface area contributed by atoms with Crippen molar-refractivity contribution in [3.8, 4) is 0 Å². The molecule has 0 aliphatic carbocycles. The fourth-order valence-corrected chi connectivity index (χ4v) is 2.78. The maximum absolute atomic E-state index is 12.7. The number of carbonyl (C=O) groups excluding carboxylic acids is 3. The second kappa shape index (κ2) is 9.01. The van der Waals surface area contributed by atoms with E-state index in [2.05, 4.69) is 26.3 Å². The molecule has 8 nitrogen and oxygen atoms in total. The fourth-order valence-electron chi connectivity index (χ4n) is 2.78. The van der Waals surface area contributed by atoms with Crippen LogP contribution in [0.15, 0.2) is 53.5 Å². The average Bonchev–Trinajstić information content (AvgIpc) is 2.68. The minimum Gasteiger partial charge on any atom is -0.355 e. The van der Waals surface area contributed by atoms with Crippen molar-refractivity contribution in [2.24, 2.45) is 4.99 Å². The van der Waals surface area contributed by atoms with Crippen molar-refractivity contribution in [2.75, 3.05) is 11.9 Å². The van der Waals surface area contributed by atoms with Gasteiger partial charge in [0.25, 0.3) is 11.8 Å². The molecule has 0 atom stereocenters. The molecule has 2 aromatic rings. The quantitative estimate of drug-likeness (QED) is 0.624. The molecule has 1 aliphatic rings. The largest absolute Gasteiger partial charge is 0.355 e. The second-order valence-electron chi connectivity index (χ2n) is 6.86. The zero-order valence-corrected chi connectivity index (χ0v) is 16.3. The number of guanidine groups is 1. The Morgan fingerprint density at radius 3 is 2.62 bits per heavy atom. The number of anilines is 2. The normalized spacial score (nSPS) is 13.3. The van der Waals surface area contributed by atoms with Crippen LogP contribution >= 0.6 is 0 Å². The van der Waals surface area contributed by atoms with E-state index >= 15 is 0 Å². The van der Waals surface area contributed by atoms with Gasteiger partial charge in [0.1, 0.15) is 0 Å². The highest BCUT2D eigenvalue weighted by atomic mass is 16.2. The predicted octanol–water partition coefficient (Wildman–Crippen LogP) is 2.17. The predicted molar refractivity (Wildman–Crippen MR) is 111 cm³/mol. The van der Waals surface area contributed by atoms with Gasteiger partial charge < -0.3 is 10.6 Å². The zero-order valence-electron chi connectivity index (χ0n) is 16.3. The summed E-state index contributed by atoms with van der Waals surface area (Å²) in [6.07, 6.45) is 0.304. The topological polar surface area (TPSA) is 112 Å². The molecule has 0 saturated carbocycles. The fraction of sp³-hybridized carbons (Fsp3) is 0.238. The highest BCUT2D eigenvalue weighted by Crippen LogP contribution is 2.22. The van der Waals surface area contributed by atoms with Crippen molar-refractivity contribution >= 4 is 35.1 Å². The lowest BCUT2D eigenvalue weighted by atomic mass is 10.1. The lowest BCUT2D eigenvalue weighted by Crippen LogP contribution is -2.46. The maximum Gasteiger partial charge on any atom is 0.260 e. The van der Waals surface area contributed by atoms with E-state index in [1.165, 1.54) is 0 Å². The highest BCUT2D eigenvalue weighted by molar-refractivity contribution is 6.12. The van der Waals surface area contributed by atoms with E-state index in [1.54, 1.807) is 42.5 Å². The van der Waals surface area contributed by atoms with Gasteiger partial charge in [0, 0.05) is 23.7 Å². The van der Waals surface area contributed by atoms with Crippen LogP contribution in [0.2, 0.25) is 0 Å². The summed E-state index contributed by atoms with van der Waals surface area (Å²) in [6, 6.07) is 14.0. The van der Waals surface area contributed by atoms with E-state index in [9.17, 15) is 14.4 Å². The first kappa shape index (κ1) is 20.1. The van der Waals surface area contributed by atoms with Crippen LogP contribution < -0.4 is 21.3 Å². The van der Waals surface area contributed by atoms with Crippen LogP contribution in [-0.4, -0.2) is 36.3 Å². The van der Waals surface area contributed by atoms with Gasteiger partial charge in [0.2, 0.25) is 11.9 Å². The number of aliphatic imine (C=N–C) groups is 1. The SMILES string of the molecule is CC(C)NC(=O)c1cccc(Nc2ccccc2C(=O)NC2=NCCC(=O)N2)c1. The molecule has 4 N–H and O–H groups in total. The summed E-state index contributed by atoms with van der Waals surface area (Å²) in [4.78, 5) is 40.5. The molecule has 2 aromatic carbocycles. The molecule has 0 bridgehead atoms. The van der Waals surface area contributed by atoms with Crippen molar-refractivity contribution in [1.82, 2.24) is 16.0 Å². The maximum atomic E-state index is 12.7. The average molecular weight is 393 g/mol. The third kappa shape index (κ3) is 5.41. The first-order chi connectivity index (χ1) is 13.9. The molecule has 29 heavy (non-hydrogen) atoms. The number of rotatable bonds is 5. The number of nitrogens with zero attached hydrogens (tertiary/aromatic N) is 1. The van der Waals surface area contributed by atoms with Gasteiger partial charge >= 0.3 is 0 Å². The van der Waals surface area contributed by atoms with Crippen LogP contribution in [0.4, 0.5) is 11.4 Å². The van der Waals surface area contributed by atoms with E-state index < -0.39 is 5.91 Å². The standard InChI is InChI=1S/C21H23N5O3/c1-13(2)23-19(28)14-6-5-7-15(12-14)24-17-9-4-3-8-16(17)20(29)26-21-22-11-10-18(27)25-21/h3-9,12-13,24H,10-11H2,1-2H3,(H,23,28)(H2,22,25,26,27,29). The van der Waals surface area contributed by atoms with Crippen molar-refractivity contribution in [3.05, 3.63) is 59.7 Å². The Balaban J connectivity index is 1.77. The van der Waals surface area contributed by atoms with Gasteiger partial charge in [-0.1, -0.05) is 18.2 Å². The lowest BCUT2D eigenvalue weighted by molar-refractivity contribution is -0.119. The van der Waals surface area contributed by atoms with Gasteiger partial charge in [-0.25, -0.2) is 0 Å². The zero-order chi connectivity index (χ0) is 20.8. The molecule has 1 heterocycles. The Morgan fingerprint density at radius 1 is 1.07 bits per heavy atom. The number of hydrogen-bond acceptors (Lipinski definition) is 5. The summed E-state index contributed by atoms with van der Waals surface area (Å²) in [5.41, 5.74) is 2.14. The van der Waals surface area contributed by atoms with Crippen molar-refractivity contribution < 1.29 is 14.4 Å². The molecule has 0 aromatic heterocycles. The molecular weight excluding hydrogens is 370 g/mol. The van der Waals surface area contributed by atoms with Crippen LogP contribution in [0.5, 0.6) is 0 Å². The molecule has 0 radical (unpaired) electrons. The van der Waals surface area contributed by atoms with Gasteiger partial charge in [-0.15, -0.1) is 0 Å². The summed E-state index contributed by atoms with van der Waals surface area (Å²) >= 11 is 0. The van der Waals surface area contributed by atoms with Crippen LogP contribution in [0, 0.1) is 0 Å². The number of carbonyl (C=O) groups is 3. The van der Waals surface area contributed by atoms with E-state index in [4.69, 9.17) is 0 Å². The molecule has 150 valence electrons. The van der Waals surface area contributed by atoms with E-state index in [0.717, 1.165) is 0 Å². The van der Waals surface area contributed by atoms with Gasteiger partial charge in [-0.3, -0.25) is 30.0 Å². The smallest absolute Gasteiger partial charge is 0.260 e. The Bertz CT molecular complexity index is 968. The van der Waals surface area contributed by atoms with Crippen molar-refractivity contribution in [3.63, 3.8) is 0 Å². The number of benzene rings is 2. The molecule has 0 fully saturated rings. The molecule has 0 spiro atoms. The third-order valence-corrected chi connectivity index (χ3v) is 4.09. The summed E-state index contributed by atoms with van der Waals surface area (Å²) in [6.45, 7) is 4.13. The van der Waals surface area contributed by atoms with Crippen LogP contribution in [0.1, 0.15) is 41.0 Å². The number of para-hydroxylation sites is 1. The van der Waals surface area contributed by atoms with Crippen LogP contribution in [0.25, 0.3) is 0 Å². The highest BCUT2D eigenvalue weighted by Gasteiger charge is 2.17. The van der Waals surface area contributed by atoms with E-state index in [-0.39, 0.29) is 23.8 Å². The summed E-state index contributed by atoms with van der Waals surface area (Å²) < 4.78 is 0. The Morgan fingerprint density at radius 2 is 1.86 bits per heavy atom. The lowest BCUT2D eigenvalue weighted by Gasteiger charge is -2.16. The molecule has 3 rings (SSSR count). The van der Waals surface area contributed by atoms with Gasteiger partial charge in [-0.05, 0) is 44.2 Å². The van der Waals surface area contributed by atoms with Gasteiger partial charge in [-0.2, -0.15) is 0 Å². The first-order valence-corrected chi connectivity index (χ1v) is 9.35. The summed E-state index contributed by atoms with van der Waals surface area (Å²) in [5.74, 6) is -0.602. The number of nitrogens with one attached hydrogen (secondary N) is 4. The minimum absolute atomic E-state index is 0.0340. The summed E-state index contributed by atoms with van der Waals surface area (Å²) in [7, 11) is 0. The van der Waals surface area contributed by atoms with Gasteiger partial charge in [0.05, 0.1) is 17.8 Å². The molecular formula is C21H23N5O3. The van der Waals surface area contributed by atoms with Crippen molar-refractivity contribution in [2.45, 2.75) is 26.3 Å². The second-order valence-corrected chi connectivity index (χ2v) is 6.86. The number of hydrogen-bond donors (Lipinski definition) is 4. The van der Waals surface area contributed by atoms with E-state index in [0.29, 0.717) is 35.5 Å². The van der Waals surface area contributed by atoms with Crippen LogP contribution in [-0.2, 0) is 4.79 Å². The summed E-state index contributed by atoms with van der Waals surface area (Å²) in [5, 5.41) is 11.2. The van der Waals surface area contributed by atoms with Crippen molar-refractivity contribution in [1.29, 1.82) is 0 Å². The Kier molecular flexibility index (Phi) is 6.23. The third-order valence-electron chi connectivity index (χ3n) is 4.09. The first-order valence-electron chi connectivity index (χ1n) is 9.35. The Labute approximate surface area is 168 Å². The minimum atomic E-state index is -0.400. The monoisotopic (exact) mass is 393 g/mol. The molecule has 8 heteroatoms. The molecule has 3 amide bonds. The van der Waals surface area contributed by atoms with E-state index in [1.807, 2.05) is 19.9 Å². The Hall–Kier alpha value is -3.68. The van der Waals surface area contributed by atoms with Crippen LogP contribution in [0.3, 0.4) is 0 Å². The number of amides is 3. The molecule has 0 saturated heterocycles. The van der Waals surface area contributed by atoms with Gasteiger partial charge in [0.15, 0.2) is 0 Å². The molecule has 0 unspecified atom stereocenters. The molecule has 1 aliphatic heterocycles.